The van der Waals surface area contributed by atoms with Crippen molar-refractivity contribution in [3.05, 3.63) is 48.2 Å². The lowest BCUT2D eigenvalue weighted by atomic mass is 9.80. The molecule has 1 aromatic heterocycles. The maximum atomic E-state index is 12.4. The molecule has 2 aromatic rings. The molecule has 6 nitrogen and oxygen atoms in total. The lowest BCUT2D eigenvalue weighted by molar-refractivity contribution is 0.00578. The monoisotopic (exact) mass is 374 g/mol. The zero-order chi connectivity index (χ0) is 19.2. The van der Waals surface area contributed by atoms with E-state index in [-0.39, 0.29) is 10.7 Å². The van der Waals surface area contributed by atoms with Crippen molar-refractivity contribution in [1.29, 1.82) is 0 Å². The van der Waals surface area contributed by atoms with Crippen LogP contribution in [-0.2, 0) is 19.3 Å². The number of rotatable bonds is 4. The van der Waals surface area contributed by atoms with Gasteiger partial charge >= 0.3 is 7.12 Å². The van der Waals surface area contributed by atoms with E-state index in [1.54, 1.807) is 42.6 Å². The summed E-state index contributed by atoms with van der Waals surface area (Å²) in [6, 6.07) is 9.99. The fraction of sp³-hybridized carbons (Fsp3) is 0.389. The molecule has 0 spiro atoms. The highest BCUT2D eigenvalue weighted by atomic mass is 32.2. The van der Waals surface area contributed by atoms with Crippen LogP contribution in [0.2, 0.25) is 0 Å². The smallest absolute Gasteiger partial charge is 0.399 e. The zero-order valence-electron chi connectivity index (χ0n) is 15.6. The Morgan fingerprint density at radius 2 is 1.54 bits per heavy atom. The van der Waals surface area contributed by atoms with E-state index in [9.17, 15) is 8.42 Å². The highest BCUT2D eigenvalue weighted by Gasteiger charge is 2.51. The molecule has 0 aliphatic carbocycles. The van der Waals surface area contributed by atoms with E-state index in [0.717, 1.165) is 11.0 Å². The van der Waals surface area contributed by atoms with Crippen molar-refractivity contribution in [3.8, 4) is 0 Å². The average Bonchev–Trinajstić information content (AvgIpc) is 2.76. The van der Waals surface area contributed by atoms with Crippen LogP contribution >= 0.6 is 0 Å². The van der Waals surface area contributed by atoms with E-state index >= 15 is 0 Å². The van der Waals surface area contributed by atoms with Crippen LogP contribution < -0.4 is 10.2 Å². The van der Waals surface area contributed by atoms with Crippen LogP contribution in [-0.4, -0.2) is 31.7 Å². The van der Waals surface area contributed by atoms with E-state index in [1.165, 1.54) is 0 Å². The van der Waals surface area contributed by atoms with E-state index < -0.39 is 28.3 Å². The average molecular weight is 374 g/mol. The maximum absolute atomic E-state index is 12.4. The first-order valence-corrected chi connectivity index (χ1v) is 9.90. The highest BCUT2D eigenvalue weighted by molar-refractivity contribution is 7.92. The summed E-state index contributed by atoms with van der Waals surface area (Å²) in [7, 11) is -4.21. The van der Waals surface area contributed by atoms with Crippen molar-refractivity contribution in [2.24, 2.45) is 0 Å². The number of benzene rings is 1. The van der Waals surface area contributed by atoms with Crippen molar-refractivity contribution in [1.82, 2.24) is 4.98 Å². The predicted octanol–water partition coefficient (Wildman–Crippen LogP) is 2.49. The number of hydrogen-bond acceptors (Lipinski definition) is 5. The zero-order valence-corrected chi connectivity index (χ0v) is 16.4. The number of nitrogens with zero attached hydrogens (tertiary/aromatic N) is 1. The molecule has 0 saturated carbocycles. The summed E-state index contributed by atoms with van der Waals surface area (Å²) in [5.74, 6) is 0.242. The molecule has 0 unspecified atom stereocenters. The predicted molar refractivity (Wildman–Crippen MR) is 102 cm³/mol. The third kappa shape index (κ3) is 3.63. The summed E-state index contributed by atoms with van der Waals surface area (Å²) in [5.41, 5.74) is 0.850. The van der Waals surface area contributed by atoms with Crippen LogP contribution in [0.1, 0.15) is 33.3 Å². The minimum atomic E-state index is -3.67. The fourth-order valence-corrected chi connectivity index (χ4v) is 3.51. The van der Waals surface area contributed by atoms with E-state index in [0.29, 0.717) is 0 Å². The number of aromatic nitrogens is 1. The number of nitrogens with one attached hydrogen (secondary N) is 1. The van der Waals surface area contributed by atoms with Gasteiger partial charge in [0.25, 0.3) is 10.0 Å². The second-order valence-corrected chi connectivity index (χ2v) is 9.17. The molecule has 26 heavy (non-hydrogen) atoms. The molecule has 2 heterocycles. The third-order valence-electron chi connectivity index (χ3n) is 4.88. The Morgan fingerprint density at radius 1 is 0.962 bits per heavy atom. The Bertz CT molecular complexity index is 878. The SMILES string of the molecule is Cc1ccc(S(=O)(=O)Nc2ccc(B3OC(C)(C)C(C)(C)O3)cn2)cc1. The first-order valence-electron chi connectivity index (χ1n) is 8.41. The standard InChI is InChI=1S/C18H23BN2O4S/c1-13-6-9-15(10-7-13)26(22,23)21-16-11-8-14(12-20-16)19-24-17(2,3)18(4,5)25-19/h6-12H,1-5H3,(H,20,21). The summed E-state index contributed by atoms with van der Waals surface area (Å²) >= 11 is 0. The van der Waals surface area contributed by atoms with E-state index in [1.807, 2.05) is 34.6 Å². The molecule has 0 atom stereocenters. The van der Waals surface area contributed by atoms with Crippen LogP contribution in [0.4, 0.5) is 5.82 Å². The van der Waals surface area contributed by atoms with Crippen molar-refractivity contribution in [2.75, 3.05) is 4.72 Å². The largest absolute Gasteiger partial charge is 0.496 e. The van der Waals surface area contributed by atoms with E-state index in [2.05, 4.69) is 9.71 Å². The van der Waals surface area contributed by atoms with Gasteiger partial charge in [0, 0.05) is 11.7 Å². The molecule has 3 rings (SSSR count). The number of anilines is 1. The highest BCUT2D eigenvalue weighted by Crippen LogP contribution is 2.36. The summed E-state index contributed by atoms with van der Waals surface area (Å²) in [6.45, 7) is 9.81. The van der Waals surface area contributed by atoms with Crippen molar-refractivity contribution in [3.63, 3.8) is 0 Å². The van der Waals surface area contributed by atoms with Gasteiger partial charge in [-0.1, -0.05) is 23.8 Å². The number of hydrogen-bond donors (Lipinski definition) is 1. The number of sulfonamides is 1. The van der Waals surface area contributed by atoms with Crippen LogP contribution in [0.5, 0.6) is 0 Å². The first-order chi connectivity index (χ1) is 12.0. The molecule has 1 aliphatic rings. The molecule has 8 heteroatoms. The van der Waals surface area contributed by atoms with Gasteiger partial charge in [-0.05, 0) is 52.8 Å². The van der Waals surface area contributed by atoms with Crippen molar-refractivity contribution >= 4 is 28.4 Å². The van der Waals surface area contributed by atoms with Crippen molar-refractivity contribution in [2.45, 2.75) is 50.7 Å². The number of aryl methyl sites for hydroxylation is 1. The molecule has 1 aliphatic heterocycles. The molecule has 138 valence electrons. The van der Waals surface area contributed by atoms with E-state index in [4.69, 9.17) is 9.31 Å². The van der Waals surface area contributed by atoms with Crippen molar-refractivity contribution < 1.29 is 17.7 Å². The second-order valence-electron chi connectivity index (χ2n) is 7.48. The molecule has 1 N–H and O–H groups in total. The molecule has 0 amide bonds. The number of pyridine rings is 1. The van der Waals surface area contributed by atoms with Gasteiger partial charge in [-0.15, -0.1) is 0 Å². The Labute approximate surface area is 155 Å². The van der Waals surface area contributed by atoms with Gasteiger partial charge in [0.15, 0.2) is 0 Å². The topological polar surface area (TPSA) is 77.5 Å². The summed E-state index contributed by atoms with van der Waals surface area (Å²) in [4.78, 5) is 4.39. The fourth-order valence-electron chi connectivity index (χ4n) is 2.50. The van der Waals surface area contributed by atoms with Gasteiger partial charge in [0.1, 0.15) is 5.82 Å². The molecular weight excluding hydrogens is 351 g/mol. The Morgan fingerprint density at radius 3 is 2.04 bits per heavy atom. The lowest BCUT2D eigenvalue weighted by Crippen LogP contribution is -2.41. The van der Waals surface area contributed by atoms with Crippen LogP contribution in [0.25, 0.3) is 0 Å². The van der Waals surface area contributed by atoms with Crippen LogP contribution in [0.3, 0.4) is 0 Å². The lowest BCUT2D eigenvalue weighted by Gasteiger charge is -2.32. The molecule has 0 bridgehead atoms. The van der Waals surface area contributed by atoms with Gasteiger partial charge < -0.3 is 9.31 Å². The Hall–Kier alpha value is -1.90. The molecule has 0 radical (unpaired) electrons. The second kappa shape index (κ2) is 6.37. The molecule has 1 saturated heterocycles. The summed E-state index contributed by atoms with van der Waals surface area (Å²) < 4.78 is 39.3. The Kier molecular flexibility index (Phi) is 4.63. The summed E-state index contributed by atoms with van der Waals surface area (Å²) in [6.07, 6.45) is 1.56. The van der Waals surface area contributed by atoms with Gasteiger partial charge in [0.2, 0.25) is 0 Å². The quantitative estimate of drug-likeness (QED) is 0.832. The molecule has 1 fully saturated rings. The molecule has 1 aromatic carbocycles. The van der Waals surface area contributed by atoms with Gasteiger partial charge in [0.05, 0.1) is 16.1 Å². The first kappa shape index (κ1) is 18.9. The van der Waals surface area contributed by atoms with Gasteiger partial charge in [-0.2, -0.15) is 0 Å². The van der Waals surface area contributed by atoms with Gasteiger partial charge in [-0.3, -0.25) is 4.72 Å². The third-order valence-corrected chi connectivity index (χ3v) is 6.25. The minimum absolute atomic E-state index is 0.194. The van der Waals surface area contributed by atoms with Crippen LogP contribution in [0.15, 0.2) is 47.5 Å². The maximum Gasteiger partial charge on any atom is 0.496 e. The van der Waals surface area contributed by atoms with Gasteiger partial charge in [-0.25, -0.2) is 13.4 Å². The summed E-state index contributed by atoms with van der Waals surface area (Å²) in [5, 5.41) is 0. The van der Waals surface area contributed by atoms with Crippen LogP contribution in [0, 0.1) is 6.92 Å². The minimum Gasteiger partial charge on any atom is -0.399 e. The Balaban J connectivity index is 1.75. The normalized spacial score (nSPS) is 18.7. The molecular formula is C18H23BN2O4S.